The van der Waals surface area contributed by atoms with Gasteiger partial charge in [0.2, 0.25) is 0 Å². The molecule has 3 heteroatoms. The van der Waals surface area contributed by atoms with E-state index < -0.39 is 0 Å². The van der Waals surface area contributed by atoms with E-state index in [0.717, 1.165) is 74.0 Å². The number of halogens is 2. The second kappa shape index (κ2) is 11.8. The van der Waals surface area contributed by atoms with Crippen LogP contribution in [0.2, 0.25) is 0 Å². The minimum atomic E-state index is -0.312. The molecule has 0 aliphatic heterocycles. The third-order valence-corrected chi connectivity index (χ3v) is 9.79. The molecular weight excluding hydrogens is 450 g/mol. The van der Waals surface area contributed by atoms with Crippen molar-refractivity contribution in [2.24, 2.45) is 17.8 Å². The largest absolute Gasteiger partial charge is 0.379 e. The summed E-state index contributed by atoms with van der Waals surface area (Å²) in [5, 5.41) is 0. The quantitative estimate of drug-likeness (QED) is 0.388. The molecule has 0 N–H and O–H groups in total. The second-order valence-corrected chi connectivity index (χ2v) is 12.0. The van der Waals surface area contributed by atoms with Crippen molar-refractivity contribution >= 4 is 0 Å². The Morgan fingerprint density at radius 1 is 0.639 bits per heavy atom. The van der Waals surface area contributed by atoms with E-state index in [0.29, 0.717) is 29.1 Å². The second-order valence-electron chi connectivity index (χ2n) is 12.0. The van der Waals surface area contributed by atoms with Gasteiger partial charge in [-0.2, -0.15) is 0 Å². The summed E-state index contributed by atoms with van der Waals surface area (Å²) in [6, 6.07) is 11.0. The van der Waals surface area contributed by atoms with E-state index in [-0.39, 0.29) is 11.6 Å². The van der Waals surface area contributed by atoms with Crippen LogP contribution >= 0.6 is 0 Å². The van der Waals surface area contributed by atoms with Crippen LogP contribution in [0.15, 0.2) is 36.4 Å². The molecule has 5 rings (SSSR count). The van der Waals surface area contributed by atoms with Crippen LogP contribution in [0.4, 0.5) is 8.78 Å². The highest BCUT2D eigenvalue weighted by molar-refractivity contribution is 5.66. The summed E-state index contributed by atoms with van der Waals surface area (Å²) >= 11 is 0. The van der Waals surface area contributed by atoms with Crippen molar-refractivity contribution in [2.45, 2.75) is 109 Å². The maximum atomic E-state index is 15.3. The van der Waals surface area contributed by atoms with E-state index in [1.54, 1.807) is 18.2 Å². The average molecular weight is 495 g/mol. The van der Waals surface area contributed by atoms with Gasteiger partial charge in [0.25, 0.3) is 0 Å². The van der Waals surface area contributed by atoms with E-state index in [1.165, 1.54) is 38.5 Å². The van der Waals surface area contributed by atoms with Gasteiger partial charge in [-0.15, -0.1) is 0 Å². The Labute approximate surface area is 217 Å². The number of rotatable bonds is 6. The first kappa shape index (κ1) is 25.9. The van der Waals surface area contributed by atoms with Crippen molar-refractivity contribution < 1.29 is 13.5 Å². The topological polar surface area (TPSA) is 9.23 Å². The van der Waals surface area contributed by atoms with E-state index in [2.05, 4.69) is 6.92 Å². The van der Waals surface area contributed by atoms with Gasteiger partial charge in [0, 0.05) is 17.7 Å². The molecule has 36 heavy (non-hydrogen) atoms. The molecular formula is C33H44F2O. The standard InChI is InChI=1S/C33H44F2O/c1-3-36-29-16-12-26(13-17-29)28-15-19-31(33(35)21-28)30-18-14-27(20-32(30)34)25-10-8-24(9-11-25)23-6-4-22(2)5-7-23/h14-15,18-26,29H,3-13,16-17H2,1-2H3. The van der Waals surface area contributed by atoms with E-state index in [1.807, 2.05) is 25.1 Å². The summed E-state index contributed by atoms with van der Waals surface area (Å²) in [5.41, 5.74) is 2.89. The molecule has 0 unspecified atom stereocenters. The highest BCUT2D eigenvalue weighted by atomic mass is 19.1. The SMILES string of the molecule is CCOC1CCC(c2ccc(-c3ccc(C4CCC(C5CCC(C)CC5)CC4)cc3F)c(F)c2)CC1. The van der Waals surface area contributed by atoms with Gasteiger partial charge in [0.15, 0.2) is 0 Å². The fourth-order valence-electron chi connectivity index (χ4n) is 7.49. The third kappa shape index (κ3) is 5.87. The predicted molar refractivity (Wildman–Crippen MR) is 144 cm³/mol. The maximum Gasteiger partial charge on any atom is 0.131 e. The van der Waals surface area contributed by atoms with E-state index in [9.17, 15) is 0 Å². The van der Waals surface area contributed by atoms with Gasteiger partial charge in [-0.25, -0.2) is 8.78 Å². The molecule has 2 aromatic rings. The molecule has 1 nitrogen and oxygen atoms in total. The zero-order valence-electron chi connectivity index (χ0n) is 22.3. The summed E-state index contributed by atoms with van der Waals surface area (Å²) in [6.45, 7) is 5.18. The number of benzene rings is 2. The first-order valence-electron chi connectivity index (χ1n) is 14.7. The zero-order chi connectivity index (χ0) is 25.1. The van der Waals surface area contributed by atoms with Crippen LogP contribution < -0.4 is 0 Å². The Kier molecular flexibility index (Phi) is 8.46. The molecule has 0 heterocycles. The Morgan fingerprint density at radius 2 is 1.08 bits per heavy atom. The molecule has 0 saturated heterocycles. The molecule has 0 aromatic heterocycles. The van der Waals surface area contributed by atoms with E-state index in [4.69, 9.17) is 4.74 Å². The molecule has 3 aliphatic rings. The third-order valence-electron chi connectivity index (χ3n) is 9.79. The molecule has 3 aliphatic carbocycles. The van der Waals surface area contributed by atoms with Crippen molar-refractivity contribution in [1.29, 1.82) is 0 Å². The summed E-state index contributed by atoms with van der Waals surface area (Å²) < 4.78 is 36.2. The van der Waals surface area contributed by atoms with Crippen LogP contribution in [0.1, 0.15) is 114 Å². The number of hydrogen-bond donors (Lipinski definition) is 0. The van der Waals surface area contributed by atoms with Crippen molar-refractivity contribution in [3.63, 3.8) is 0 Å². The van der Waals surface area contributed by atoms with Gasteiger partial charge in [0.1, 0.15) is 11.6 Å². The summed E-state index contributed by atoms with van der Waals surface area (Å²) in [6.07, 6.45) is 14.9. The molecule has 0 amide bonds. The van der Waals surface area contributed by atoms with Gasteiger partial charge < -0.3 is 4.74 Å². The molecule has 3 fully saturated rings. The lowest BCUT2D eigenvalue weighted by atomic mass is 9.68. The number of hydrogen-bond acceptors (Lipinski definition) is 1. The monoisotopic (exact) mass is 494 g/mol. The fourth-order valence-corrected chi connectivity index (χ4v) is 7.49. The van der Waals surface area contributed by atoms with Crippen molar-refractivity contribution in [3.8, 4) is 11.1 Å². The van der Waals surface area contributed by atoms with Crippen molar-refractivity contribution in [1.82, 2.24) is 0 Å². The minimum absolute atomic E-state index is 0.292. The molecule has 0 spiro atoms. The van der Waals surface area contributed by atoms with Crippen LogP contribution in [-0.2, 0) is 4.74 Å². The molecule has 196 valence electrons. The molecule has 3 saturated carbocycles. The Morgan fingerprint density at radius 3 is 1.53 bits per heavy atom. The minimum Gasteiger partial charge on any atom is -0.379 e. The van der Waals surface area contributed by atoms with Gasteiger partial charge in [-0.05, 0) is 124 Å². The maximum absolute atomic E-state index is 15.3. The van der Waals surface area contributed by atoms with Gasteiger partial charge in [0.05, 0.1) is 6.10 Å². The lowest BCUT2D eigenvalue weighted by Crippen LogP contribution is -2.24. The van der Waals surface area contributed by atoms with Crippen LogP contribution in [0, 0.1) is 29.4 Å². The van der Waals surface area contributed by atoms with Gasteiger partial charge in [-0.3, -0.25) is 0 Å². The predicted octanol–water partition coefficient (Wildman–Crippen LogP) is 9.79. The Balaban J connectivity index is 1.21. The highest BCUT2D eigenvalue weighted by Crippen LogP contribution is 2.44. The Hall–Kier alpha value is -1.74. The first-order chi connectivity index (χ1) is 17.5. The van der Waals surface area contributed by atoms with E-state index >= 15 is 8.78 Å². The van der Waals surface area contributed by atoms with Gasteiger partial charge >= 0.3 is 0 Å². The summed E-state index contributed by atoms with van der Waals surface area (Å²) in [4.78, 5) is 0. The van der Waals surface area contributed by atoms with Crippen molar-refractivity contribution in [2.75, 3.05) is 6.61 Å². The highest BCUT2D eigenvalue weighted by Gasteiger charge is 2.31. The Bertz CT molecular complexity index is 993. The number of ether oxygens (including phenoxy) is 1. The molecule has 0 bridgehead atoms. The molecule has 0 atom stereocenters. The molecule has 2 aromatic carbocycles. The van der Waals surface area contributed by atoms with Crippen LogP contribution in [0.25, 0.3) is 11.1 Å². The van der Waals surface area contributed by atoms with Crippen molar-refractivity contribution in [3.05, 3.63) is 59.2 Å². The normalized spacial score (nSPS) is 31.3. The lowest BCUT2D eigenvalue weighted by molar-refractivity contribution is 0.0328. The van der Waals surface area contributed by atoms with Gasteiger partial charge in [-0.1, -0.05) is 44.0 Å². The summed E-state index contributed by atoms with van der Waals surface area (Å²) in [5.74, 6) is 2.87. The van der Waals surface area contributed by atoms with Crippen LogP contribution in [-0.4, -0.2) is 12.7 Å². The molecule has 0 radical (unpaired) electrons. The zero-order valence-corrected chi connectivity index (χ0v) is 22.3. The first-order valence-corrected chi connectivity index (χ1v) is 14.7. The smallest absolute Gasteiger partial charge is 0.131 e. The van der Waals surface area contributed by atoms with Crippen LogP contribution in [0.3, 0.4) is 0 Å². The average Bonchev–Trinajstić information content (AvgIpc) is 2.90. The van der Waals surface area contributed by atoms with Crippen LogP contribution in [0.5, 0.6) is 0 Å². The summed E-state index contributed by atoms with van der Waals surface area (Å²) in [7, 11) is 0. The fraction of sp³-hybridized carbons (Fsp3) is 0.636. The lowest BCUT2D eigenvalue weighted by Gasteiger charge is -2.37.